The van der Waals surface area contributed by atoms with Crippen molar-refractivity contribution in [2.75, 3.05) is 5.32 Å². The van der Waals surface area contributed by atoms with Gasteiger partial charge in [0.1, 0.15) is 23.2 Å². The van der Waals surface area contributed by atoms with Crippen LogP contribution in [0.15, 0.2) is 53.4 Å². The maximum absolute atomic E-state index is 14.5. The number of sulfone groups is 1. The number of hydrogen-bond acceptors (Lipinski definition) is 6. The number of rotatable bonds is 6. The number of hydrogen-bond donors (Lipinski definition) is 3. The van der Waals surface area contributed by atoms with Gasteiger partial charge in [0, 0.05) is 23.0 Å². The maximum atomic E-state index is 14.5. The molecule has 12 heteroatoms. The summed E-state index contributed by atoms with van der Waals surface area (Å²) in [5.41, 5.74) is -1.66. The maximum Gasteiger partial charge on any atom is 0.255 e. The molecule has 212 valence electrons. The third-order valence-electron chi connectivity index (χ3n) is 8.09. The number of pyridine rings is 1. The van der Waals surface area contributed by atoms with Crippen molar-refractivity contribution in [2.24, 2.45) is 11.8 Å². The summed E-state index contributed by atoms with van der Waals surface area (Å²) in [5, 5.41) is 24.0. The third-order valence-corrected chi connectivity index (χ3v) is 10.7. The number of anilines is 1. The Hall–Kier alpha value is -2.99. The number of aromatic nitrogens is 1. The lowest BCUT2D eigenvalue weighted by Gasteiger charge is -2.45. The lowest BCUT2D eigenvalue weighted by molar-refractivity contribution is -0.146. The number of nitrogens with zero attached hydrogens (tertiary/aromatic N) is 1. The molecule has 2 aliphatic carbocycles. The summed E-state index contributed by atoms with van der Waals surface area (Å²) < 4.78 is 68.8. The van der Waals surface area contributed by atoms with Crippen LogP contribution in [0.1, 0.15) is 53.5 Å². The quantitative estimate of drug-likeness (QED) is 0.364. The van der Waals surface area contributed by atoms with E-state index in [2.05, 4.69) is 10.3 Å². The first-order valence-electron chi connectivity index (χ1n) is 12.7. The zero-order valence-corrected chi connectivity index (χ0v) is 22.8. The molecule has 5 rings (SSSR count). The minimum absolute atomic E-state index is 0.0125. The van der Waals surface area contributed by atoms with Crippen LogP contribution in [0.2, 0.25) is 5.02 Å². The normalized spacial score (nSPS) is 25.0. The first-order chi connectivity index (χ1) is 18.8. The average Bonchev–Trinajstić information content (AvgIpc) is 3.07. The summed E-state index contributed by atoms with van der Waals surface area (Å²) in [6.07, 6.45) is -0.798. The molecule has 2 saturated carbocycles. The fourth-order valence-electron chi connectivity index (χ4n) is 6.03. The summed E-state index contributed by atoms with van der Waals surface area (Å²) in [4.78, 5) is 16.6. The van der Waals surface area contributed by atoms with Crippen LogP contribution in [0.5, 0.6) is 0 Å². The van der Waals surface area contributed by atoms with Crippen molar-refractivity contribution in [3.05, 3.63) is 88.0 Å². The molecule has 0 aliphatic heterocycles. The minimum atomic E-state index is -4.12. The number of aliphatic hydroxyl groups is 2. The molecule has 0 radical (unpaired) electrons. The van der Waals surface area contributed by atoms with Crippen LogP contribution in [0.25, 0.3) is 0 Å². The Bertz CT molecular complexity index is 1590. The van der Waals surface area contributed by atoms with Gasteiger partial charge in [-0.25, -0.2) is 21.6 Å². The number of benzene rings is 2. The molecule has 2 aliphatic rings. The third kappa shape index (κ3) is 4.89. The highest BCUT2D eigenvalue weighted by molar-refractivity contribution is 7.92. The van der Waals surface area contributed by atoms with E-state index in [-0.39, 0.29) is 39.7 Å². The molecule has 7 nitrogen and oxygen atoms in total. The number of amides is 1. The molecule has 2 bridgehead atoms. The number of fused-ring (bicyclic) bond motifs is 2. The van der Waals surface area contributed by atoms with Crippen LogP contribution in [-0.2, 0) is 9.84 Å². The second-order valence-corrected chi connectivity index (χ2v) is 13.1. The standard InChI is InChI=1S/C28H26ClF3N2O5S/c1-14-2-8-22(31)25(33-14)26(35)28(37)16-4-5-17(28)12-19(11-16)40(38,39)24-10-15(3-7-20(24)29)27(36)34-18-6-9-21(30)23(32)13-18/h2-3,6-10,13,16-17,19,26,35,37H,4-5,11-12H2,1H3,(H,34,36). The van der Waals surface area contributed by atoms with Crippen LogP contribution < -0.4 is 5.32 Å². The van der Waals surface area contributed by atoms with Gasteiger partial charge in [0.05, 0.1) is 15.2 Å². The predicted octanol–water partition coefficient (Wildman–Crippen LogP) is 5.14. The van der Waals surface area contributed by atoms with Gasteiger partial charge in [-0.05, 0) is 86.9 Å². The first-order valence-corrected chi connectivity index (χ1v) is 14.6. The van der Waals surface area contributed by atoms with Crippen LogP contribution in [-0.4, -0.2) is 40.4 Å². The topological polar surface area (TPSA) is 117 Å². The van der Waals surface area contributed by atoms with Crippen molar-refractivity contribution < 1.29 is 36.6 Å². The van der Waals surface area contributed by atoms with Crippen LogP contribution >= 0.6 is 11.6 Å². The second kappa shape index (κ2) is 10.4. The molecule has 3 atom stereocenters. The van der Waals surface area contributed by atoms with Gasteiger partial charge in [-0.3, -0.25) is 9.78 Å². The average molecular weight is 595 g/mol. The number of carbonyl (C=O) groups is 1. The smallest absolute Gasteiger partial charge is 0.255 e. The van der Waals surface area contributed by atoms with E-state index in [0.717, 1.165) is 24.3 Å². The Balaban J connectivity index is 1.40. The van der Waals surface area contributed by atoms with Crippen molar-refractivity contribution in [1.29, 1.82) is 0 Å². The molecule has 3 N–H and O–H groups in total. The molecular weight excluding hydrogens is 569 g/mol. The van der Waals surface area contributed by atoms with Gasteiger partial charge in [-0.15, -0.1) is 0 Å². The van der Waals surface area contributed by atoms with Crippen molar-refractivity contribution in [3.8, 4) is 0 Å². The van der Waals surface area contributed by atoms with E-state index in [1.165, 1.54) is 24.3 Å². The van der Waals surface area contributed by atoms with E-state index in [0.29, 0.717) is 18.5 Å². The lowest BCUT2D eigenvalue weighted by atomic mass is 9.70. The molecule has 2 aromatic carbocycles. The van der Waals surface area contributed by atoms with Gasteiger partial charge >= 0.3 is 0 Å². The van der Waals surface area contributed by atoms with Crippen molar-refractivity contribution >= 4 is 33.0 Å². The number of nitrogens with one attached hydrogen (secondary N) is 1. The molecule has 0 spiro atoms. The van der Waals surface area contributed by atoms with E-state index in [1.807, 2.05) is 0 Å². The summed E-state index contributed by atoms with van der Waals surface area (Å²) in [5.74, 6) is -5.06. The molecule has 1 amide bonds. The van der Waals surface area contributed by atoms with Gasteiger partial charge in [-0.1, -0.05) is 11.6 Å². The van der Waals surface area contributed by atoms with E-state index >= 15 is 0 Å². The molecule has 1 heterocycles. The Morgan fingerprint density at radius 3 is 2.33 bits per heavy atom. The molecule has 2 fully saturated rings. The number of aliphatic hydroxyl groups excluding tert-OH is 1. The zero-order valence-electron chi connectivity index (χ0n) is 21.2. The Morgan fingerprint density at radius 1 is 1.02 bits per heavy atom. The molecular formula is C28H26ClF3N2O5S. The lowest BCUT2D eigenvalue weighted by Crippen LogP contribution is -2.52. The second-order valence-electron chi connectivity index (χ2n) is 10.4. The highest BCUT2D eigenvalue weighted by Crippen LogP contribution is 2.56. The molecule has 3 unspecified atom stereocenters. The van der Waals surface area contributed by atoms with Crippen molar-refractivity contribution in [2.45, 2.75) is 54.5 Å². The summed E-state index contributed by atoms with van der Waals surface area (Å²) >= 11 is 6.27. The zero-order chi connectivity index (χ0) is 29.0. The predicted molar refractivity (Wildman–Crippen MR) is 141 cm³/mol. The summed E-state index contributed by atoms with van der Waals surface area (Å²) in [7, 11) is -4.12. The molecule has 3 aromatic rings. The van der Waals surface area contributed by atoms with Gasteiger partial charge in [0.25, 0.3) is 5.91 Å². The Labute approximate surface area is 233 Å². The molecule has 0 saturated heterocycles. The fourth-order valence-corrected chi connectivity index (χ4v) is 8.43. The fraction of sp³-hybridized carbons (Fsp3) is 0.357. The van der Waals surface area contributed by atoms with Gasteiger partial charge in [-0.2, -0.15) is 0 Å². The molecule has 40 heavy (non-hydrogen) atoms. The number of halogens is 4. The van der Waals surface area contributed by atoms with Gasteiger partial charge in [0.15, 0.2) is 21.5 Å². The Kier molecular flexibility index (Phi) is 7.45. The highest BCUT2D eigenvalue weighted by Gasteiger charge is 2.60. The SMILES string of the molecule is Cc1ccc(F)c(C(O)C2(O)C3CCC2CC(S(=O)(=O)c2cc(C(=O)Nc4ccc(F)c(F)c4)ccc2Cl)C3)n1. The molecule has 1 aromatic heterocycles. The van der Waals surface area contributed by atoms with E-state index in [4.69, 9.17) is 11.6 Å². The van der Waals surface area contributed by atoms with E-state index in [9.17, 15) is 36.6 Å². The largest absolute Gasteiger partial charge is 0.386 e. The van der Waals surface area contributed by atoms with E-state index < -0.39 is 62.0 Å². The highest BCUT2D eigenvalue weighted by atomic mass is 35.5. The monoisotopic (exact) mass is 594 g/mol. The van der Waals surface area contributed by atoms with Crippen molar-refractivity contribution in [1.82, 2.24) is 4.98 Å². The van der Waals surface area contributed by atoms with Crippen LogP contribution in [0, 0.1) is 36.2 Å². The minimum Gasteiger partial charge on any atom is -0.386 e. The van der Waals surface area contributed by atoms with E-state index in [1.54, 1.807) is 6.92 Å². The number of aryl methyl sites for hydroxylation is 1. The van der Waals surface area contributed by atoms with Crippen LogP contribution in [0.4, 0.5) is 18.9 Å². The van der Waals surface area contributed by atoms with Gasteiger partial charge in [0.2, 0.25) is 0 Å². The first kappa shape index (κ1) is 28.5. The van der Waals surface area contributed by atoms with Crippen molar-refractivity contribution in [3.63, 3.8) is 0 Å². The summed E-state index contributed by atoms with van der Waals surface area (Å²) in [6, 6.07) is 9.11. The van der Waals surface area contributed by atoms with Crippen LogP contribution in [0.3, 0.4) is 0 Å². The number of carbonyl (C=O) groups excluding carboxylic acids is 1. The Morgan fingerprint density at radius 2 is 1.68 bits per heavy atom. The van der Waals surface area contributed by atoms with Gasteiger partial charge < -0.3 is 15.5 Å². The summed E-state index contributed by atoms with van der Waals surface area (Å²) in [6.45, 7) is 1.63.